The summed E-state index contributed by atoms with van der Waals surface area (Å²) in [5.41, 5.74) is 7.49. The van der Waals surface area contributed by atoms with Crippen molar-refractivity contribution < 1.29 is 22.7 Å². The van der Waals surface area contributed by atoms with E-state index in [0.29, 0.717) is 5.75 Å². The number of aryl methyl sites for hydroxylation is 2. The first-order valence-electron chi connectivity index (χ1n) is 7.50. The van der Waals surface area contributed by atoms with Gasteiger partial charge in [-0.2, -0.15) is 13.2 Å². The van der Waals surface area contributed by atoms with E-state index in [1.54, 1.807) is 6.07 Å². The van der Waals surface area contributed by atoms with Gasteiger partial charge in [0, 0.05) is 12.6 Å². The Hall–Kier alpha value is -1.76. The van der Waals surface area contributed by atoms with Crippen molar-refractivity contribution in [3.63, 3.8) is 0 Å². The molecule has 0 saturated carbocycles. The van der Waals surface area contributed by atoms with Gasteiger partial charge in [0.05, 0.1) is 0 Å². The normalized spacial score (nSPS) is 22.1. The molecule has 1 heterocycles. The van der Waals surface area contributed by atoms with Crippen LogP contribution in [0.1, 0.15) is 24.0 Å². The van der Waals surface area contributed by atoms with Crippen LogP contribution >= 0.6 is 0 Å². The van der Waals surface area contributed by atoms with Crippen molar-refractivity contribution in [2.45, 2.75) is 44.9 Å². The van der Waals surface area contributed by atoms with Crippen LogP contribution < -0.4 is 10.5 Å². The predicted octanol–water partition coefficient (Wildman–Crippen LogP) is 2.56. The number of halogens is 3. The molecule has 0 spiro atoms. The molecular formula is C16H21F3N2O2. The van der Waals surface area contributed by atoms with Gasteiger partial charge in [-0.25, -0.2) is 0 Å². The molecule has 1 aliphatic rings. The van der Waals surface area contributed by atoms with Crippen molar-refractivity contribution in [2.75, 3.05) is 13.2 Å². The van der Waals surface area contributed by atoms with Crippen LogP contribution in [0.2, 0.25) is 0 Å². The molecule has 4 nitrogen and oxygen atoms in total. The molecule has 2 rings (SSSR count). The molecule has 23 heavy (non-hydrogen) atoms. The molecule has 128 valence electrons. The largest absolute Gasteiger partial charge is 0.483 e. The molecule has 2 atom stereocenters. The molecule has 2 N–H and O–H groups in total. The summed E-state index contributed by atoms with van der Waals surface area (Å²) in [4.78, 5) is 13.0. The van der Waals surface area contributed by atoms with Crippen molar-refractivity contribution in [3.05, 3.63) is 29.3 Å². The number of nitrogens with zero attached hydrogens (tertiary/aromatic N) is 1. The van der Waals surface area contributed by atoms with E-state index in [9.17, 15) is 18.0 Å². The van der Waals surface area contributed by atoms with Gasteiger partial charge in [0.1, 0.15) is 11.8 Å². The van der Waals surface area contributed by atoms with Crippen molar-refractivity contribution in [1.29, 1.82) is 0 Å². The van der Waals surface area contributed by atoms with E-state index >= 15 is 0 Å². The fourth-order valence-electron chi connectivity index (χ4n) is 2.70. The second kappa shape index (κ2) is 6.78. The first kappa shape index (κ1) is 17.6. The molecule has 1 aliphatic heterocycles. The quantitative estimate of drug-likeness (QED) is 0.927. The molecule has 0 aromatic heterocycles. The monoisotopic (exact) mass is 330 g/mol. The number of likely N-dealkylation sites (tertiary alicyclic amines) is 1. The third-order valence-corrected chi connectivity index (χ3v) is 4.01. The highest BCUT2D eigenvalue weighted by atomic mass is 19.4. The Balaban J connectivity index is 2.06. The molecule has 1 aromatic carbocycles. The molecule has 1 fully saturated rings. The molecule has 0 unspecified atom stereocenters. The Bertz CT molecular complexity index is 575. The molecular weight excluding hydrogens is 309 g/mol. The van der Waals surface area contributed by atoms with Crippen molar-refractivity contribution in [1.82, 2.24) is 4.90 Å². The number of carbonyl (C=O) groups is 1. The highest BCUT2D eigenvalue weighted by Crippen LogP contribution is 2.31. The second-order valence-corrected chi connectivity index (χ2v) is 6.00. The number of hydrogen-bond acceptors (Lipinski definition) is 3. The van der Waals surface area contributed by atoms with Gasteiger partial charge in [-0.1, -0.05) is 12.1 Å². The van der Waals surface area contributed by atoms with Crippen LogP contribution in [0.5, 0.6) is 5.75 Å². The Morgan fingerprint density at radius 2 is 2.04 bits per heavy atom. The summed E-state index contributed by atoms with van der Waals surface area (Å²) >= 11 is 0. The minimum Gasteiger partial charge on any atom is -0.483 e. The molecule has 1 aromatic rings. The molecule has 0 radical (unpaired) electrons. The lowest BCUT2D eigenvalue weighted by atomic mass is 9.98. The minimum absolute atomic E-state index is 0.0980. The Morgan fingerprint density at radius 3 is 2.70 bits per heavy atom. The predicted molar refractivity (Wildman–Crippen MR) is 80.2 cm³/mol. The fraction of sp³-hybridized carbons (Fsp3) is 0.562. The summed E-state index contributed by atoms with van der Waals surface area (Å²) in [5, 5.41) is 0. The summed E-state index contributed by atoms with van der Waals surface area (Å²) in [5.74, 6) is -0.188. The fourth-order valence-corrected chi connectivity index (χ4v) is 2.70. The zero-order valence-electron chi connectivity index (χ0n) is 13.2. The van der Waals surface area contributed by atoms with E-state index in [1.807, 2.05) is 26.0 Å². The van der Waals surface area contributed by atoms with Gasteiger partial charge in [-0.05, 0) is 43.9 Å². The SMILES string of the molecule is Cc1ccc(C)c(OCC(=O)N2C[C@H](N)CC[C@@H]2C(F)(F)F)c1. The summed E-state index contributed by atoms with van der Waals surface area (Å²) in [7, 11) is 0. The third kappa shape index (κ3) is 4.37. The average Bonchev–Trinajstić information content (AvgIpc) is 2.46. The van der Waals surface area contributed by atoms with Crippen molar-refractivity contribution in [2.24, 2.45) is 5.73 Å². The second-order valence-electron chi connectivity index (χ2n) is 6.00. The first-order valence-corrected chi connectivity index (χ1v) is 7.50. The van der Waals surface area contributed by atoms with Gasteiger partial charge in [-0.3, -0.25) is 4.79 Å². The van der Waals surface area contributed by atoms with Crippen molar-refractivity contribution >= 4 is 5.91 Å². The maximum atomic E-state index is 13.1. The number of ether oxygens (including phenoxy) is 1. The van der Waals surface area contributed by atoms with E-state index in [1.165, 1.54) is 0 Å². The van der Waals surface area contributed by atoms with E-state index in [4.69, 9.17) is 10.5 Å². The van der Waals surface area contributed by atoms with E-state index in [-0.39, 0.29) is 19.4 Å². The summed E-state index contributed by atoms with van der Waals surface area (Å²) in [6.07, 6.45) is -4.36. The van der Waals surface area contributed by atoms with Crippen LogP contribution in [0.25, 0.3) is 0 Å². The maximum absolute atomic E-state index is 13.1. The smallest absolute Gasteiger partial charge is 0.408 e. The summed E-state index contributed by atoms with van der Waals surface area (Å²) in [6, 6.07) is 3.28. The van der Waals surface area contributed by atoms with Gasteiger partial charge < -0.3 is 15.4 Å². The lowest BCUT2D eigenvalue weighted by Gasteiger charge is -2.39. The topological polar surface area (TPSA) is 55.6 Å². The number of benzene rings is 1. The van der Waals surface area contributed by atoms with Gasteiger partial charge in [0.25, 0.3) is 5.91 Å². The minimum atomic E-state index is -4.45. The number of carbonyl (C=O) groups excluding carboxylic acids is 1. The summed E-state index contributed by atoms with van der Waals surface area (Å²) in [6.45, 7) is 3.16. The van der Waals surface area contributed by atoms with Crippen LogP contribution in [0, 0.1) is 13.8 Å². The van der Waals surface area contributed by atoms with Crippen molar-refractivity contribution in [3.8, 4) is 5.75 Å². The van der Waals surface area contributed by atoms with Gasteiger partial charge >= 0.3 is 6.18 Å². The van der Waals surface area contributed by atoms with Gasteiger partial charge in [0.15, 0.2) is 6.61 Å². The molecule has 0 aliphatic carbocycles. The standard InChI is InChI=1S/C16H21F3N2O2/c1-10-3-4-11(2)13(7-10)23-9-15(22)21-8-12(20)5-6-14(21)16(17,18)19/h3-4,7,12,14H,5-6,8-9,20H2,1-2H3/t12-,14-/m1/s1. The number of amides is 1. The lowest BCUT2D eigenvalue weighted by Crippen LogP contribution is -2.57. The third-order valence-electron chi connectivity index (χ3n) is 4.01. The molecule has 0 bridgehead atoms. The Kier molecular flexibility index (Phi) is 5.19. The highest BCUT2D eigenvalue weighted by molar-refractivity contribution is 5.78. The van der Waals surface area contributed by atoms with Crippen LogP contribution in [0.4, 0.5) is 13.2 Å². The highest BCUT2D eigenvalue weighted by Gasteiger charge is 2.47. The number of rotatable bonds is 3. The van der Waals surface area contributed by atoms with Gasteiger partial charge in [0.2, 0.25) is 0 Å². The average molecular weight is 330 g/mol. The van der Waals surface area contributed by atoms with E-state index in [0.717, 1.165) is 16.0 Å². The zero-order valence-corrected chi connectivity index (χ0v) is 13.2. The lowest BCUT2D eigenvalue weighted by molar-refractivity contribution is -0.197. The number of piperidine rings is 1. The van der Waals surface area contributed by atoms with Gasteiger partial charge in [-0.15, -0.1) is 0 Å². The first-order chi connectivity index (χ1) is 10.7. The van der Waals surface area contributed by atoms with E-state index in [2.05, 4.69) is 0 Å². The van der Waals surface area contributed by atoms with Crippen LogP contribution in [0.15, 0.2) is 18.2 Å². The molecule has 7 heteroatoms. The van der Waals surface area contributed by atoms with Crippen LogP contribution in [-0.2, 0) is 4.79 Å². The molecule has 1 saturated heterocycles. The van der Waals surface area contributed by atoms with Crippen LogP contribution in [-0.4, -0.2) is 42.2 Å². The Labute approximate surface area is 133 Å². The number of nitrogens with two attached hydrogens (primary N) is 1. The van der Waals surface area contributed by atoms with E-state index < -0.39 is 30.8 Å². The number of alkyl halides is 3. The molecule has 1 amide bonds. The number of hydrogen-bond donors (Lipinski definition) is 1. The Morgan fingerprint density at radius 1 is 1.35 bits per heavy atom. The summed E-state index contributed by atoms with van der Waals surface area (Å²) < 4.78 is 44.7. The zero-order chi connectivity index (χ0) is 17.2. The van der Waals surface area contributed by atoms with Crippen LogP contribution in [0.3, 0.4) is 0 Å². The maximum Gasteiger partial charge on any atom is 0.408 e.